The van der Waals surface area contributed by atoms with Crippen LogP contribution in [0.4, 0.5) is 11.4 Å². The van der Waals surface area contributed by atoms with Crippen LogP contribution in [0.25, 0.3) is 22.0 Å². The number of carbonyl (C=O) groups excluding carboxylic acids is 1. The third-order valence-electron chi connectivity index (χ3n) is 5.23. The Balaban J connectivity index is 1.84. The fourth-order valence-corrected chi connectivity index (χ4v) is 4.23. The molecule has 1 amide bonds. The van der Waals surface area contributed by atoms with Crippen LogP contribution in [-0.4, -0.2) is 55.3 Å². The minimum Gasteiger partial charge on any atom is -0.475 e. The van der Waals surface area contributed by atoms with E-state index in [1.165, 1.54) is 19.0 Å². The quantitative estimate of drug-likeness (QED) is 0.580. The molecule has 4 rings (SSSR count). The molecule has 1 aliphatic rings. The molecule has 0 radical (unpaired) electrons. The number of carbonyl (C=O) groups is 1. The van der Waals surface area contributed by atoms with E-state index in [1.807, 2.05) is 18.2 Å². The maximum Gasteiger partial charge on any atom is 0.301 e. The van der Waals surface area contributed by atoms with Crippen LogP contribution in [0.1, 0.15) is 13.8 Å². The van der Waals surface area contributed by atoms with Gasteiger partial charge in [0.25, 0.3) is 5.91 Å². The first-order chi connectivity index (χ1) is 14.9. The third-order valence-corrected chi connectivity index (χ3v) is 6.97. The molecule has 0 bridgehead atoms. The first-order valence-electron chi connectivity index (χ1n) is 9.67. The molecule has 0 aliphatic carbocycles. The van der Waals surface area contributed by atoms with Gasteiger partial charge in [0.1, 0.15) is 5.69 Å². The Morgan fingerprint density at radius 2 is 1.84 bits per heavy atom. The summed E-state index contributed by atoms with van der Waals surface area (Å²) in [5.74, 6) is 0.390. The summed E-state index contributed by atoms with van der Waals surface area (Å²) in [5.41, 5.74) is 1.81. The minimum absolute atomic E-state index is 0.0317. The van der Waals surface area contributed by atoms with Gasteiger partial charge in [0.05, 0.1) is 17.4 Å². The van der Waals surface area contributed by atoms with E-state index in [0.717, 1.165) is 15.3 Å². The highest BCUT2D eigenvalue weighted by molar-refractivity contribution is 7.90. The van der Waals surface area contributed by atoms with E-state index >= 15 is 0 Å². The Hall–Kier alpha value is -2.95. The number of aromatic nitrogens is 2. The van der Waals surface area contributed by atoms with Crippen LogP contribution in [0.2, 0.25) is 5.15 Å². The van der Waals surface area contributed by atoms with E-state index < -0.39 is 15.8 Å². The van der Waals surface area contributed by atoms with E-state index in [2.05, 4.69) is 14.7 Å². The highest BCUT2D eigenvalue weighted by Gasteiger charge is 2.40. The van der Waals surface area contributed by atoms with Crippen molar-refractivity contribution in [1.82, 2.24) is 14.3 Å². The van der Waals surface area contributed by atoms with Crippen molar-refractivity contribution in [3.63, 3.8) is 0 Å². The fourth-order valence-electron chi connectivity index (χ4n) is 3.40. The molecule has 0 unspecified atom stereocenters. The first kappa shape index (κ1) is 22.3. The molecule has 2 aromatic heterocycles. The van der Waals surface area contributed by atoms with Gasteiger partial charge in [-0.3, -0.25) is 14.5 Å². The highest BCUT2D eigenvalue weighted by Crippen LogP contribution is 2.42. The lowest BCUT2D eigenvalue weighted by atomic mass is 10.0. The number of hydrogen-bond acceptors (Lipinski definition) is 6. The van der Waals surface area contributed by atoms with Gasteiger partial charge in [-0.05, 0) is 37.6 Å². The molecular weight excluding hydrogens is 454 g/mol. The van der Waals surface area contributed by atoms with Crippen LogP contribution < -0.4 is 14.4 Å². The Labute approximate surface area is 191 Å². The van der Waals surface area contributed by atoms with Crippen LogP contribution in [0.15, 0.2) is 36.7 Å². The van der Waals surface area contributed by atoms with Crippen molar-refractivity contribution in [1.29, 1.82) is 0 Å². The van der Waals surface area contributed by atoms with E-state index in [-0.39, 0.29) is 16.7 Å². The largest absolute Gasteiger partial charge is 0.475 e. The Morgan fingerprint density at radius 1 is 1.12 bits per heavy atom. The van der Waals surface area contributed by atoms with Crippen molar-refractivity contribution in [2.45, 2.75) is 19.4 Å². The van der Waals surface area contributed by atoms with E-state index in [0.29, 0.717) is 22.5 Å². The SMILES string of the molecule is CN1C(=O)C(C)(C)Oc2c1cnc1ccc(-c3cnc(Cl)c(NS(=O)(=O)N(C)C)c3)cc21. The van der Waals surface area contributed by atoms with Gasteiger partial charge < -0.3 is 9.64 Å². The standard InChI is InChI=1S/C21H22ClN5O4S/c1-21(2)20(28)27(5)17-11-23-15-7-6-12(8-14(15)18(17)31-21)13-9-16(19(22)24-10-13)25-32(29,30)26(3)4/h6-11,25H,1-5H3. The molecule has 168 valence electrons. The summed E-state index contributed by atoms with van der Waals surface area (Å²) in [7, 11) is 0.763. The number of nitrogens with one attached hydrogen (secondary N) is 1. The second-order valence-corrected chi connectivity index (χ2v) is 10.4. The van der Waals surface area contributed by atoms with Crippen molar-refractivity contribution < 1.29 is 17.9 Å². The number of anilines is 2. The smallest absolute Gasteiger partial charge is 0.301 e. The van der Waals surface area contributed by atoms with E-state index in [4.69, 9.17) is 16.3 Å². The van der Waals surface area contributed by atoms with Crippen LogP contribution in [0, 0.1) is 0 Å². The van der Waals surface area contributed by atoms with Gasteiger partial charge in [-0.25, -0.2) is 4.98 Å². The van der Waals surface area contributed by atoms with Crippen LogP contribution >= 0.6 is 11.6 Å². The van der Waals surface area contributed by atoms with Gasteiger partial charge in [-0.1, -0.05) is 17.7 Å². The third kappa shape index (κ3) is 3.74. The summed E-state index contributed by atoms with van der Waals surface area (Å²) in [6.07, 6.45) is 3.17. The summed E-state index contributed by atoms with van der Waals surface area (Å²) >= 11 is 6.12. The number of nitrogens with zero attached hydrogens (tertiary/aromatic N) is 4. The Morgan fingerprint density at radius 3 is 2.53 bits per heavy atom. The van der Waals surface area contributed by atoms with Gasteiger partial charge in [-0.15, -0.1) is 0 Å². The van der Waals surface area contributed by atoms with Gasteiger partial charge >= 0.3 is 10.2 Å². The average Bonchev–Trinajstić information content (AvgIpc) is 2.73. The number of benzene rings is 1. The normalized spacial score (nSPS) is 15.6. The lowest BCUT2D eigenvalue weighted by Crippen LogP contribution is -2.51. The molecule has 9 nitrogen and oxygen atoms in total. The molecule has 11 heteroatoms. The Kier molecular flexibility index (Phi) is 5.27. The van der Waals surface area contributed by atoms with Crippen molar-refractivity contribution in [3.8, 4) is 16.9 Å². The lowest BCUT2D eigenvalue weighted by Gasteiger charge is -2.37. The minimum atomic E-state index is -3.75. The second-order valence-electron chi connectivity index (χ2n) is 8.13. The summed E-state index contributed by atoms with van der Waals surface area (Å²) in [6.45, 7) is 3.44. The number of hydrogen-bond donors (Lipinski definition) is 1. The number of pyridine rings is 2. The zero-order valence-corrected chi connectivity index (χ0v) is 19.7. The summed E-state index contributed by atoms with van der Waals surface area (Å²) in [4.78, 5) is 22.7. The molecule has 0 saturated carbocycles. The molecule has 0 atom stereocenters. The number of likely N-dealkylation sites (N-methyl/N-ethyl adjacent to an activating group) is 1. The summed E-state index contributed by atoms with van der Waals surface area (Å²) < 4.78 is 34.0. The topological polar surface area (TPSA) is 105 Å². The number of ether oxygens (including phenoxy) is 1. The van der Waals surface area contributed by atoms with Crippen LogP contribution in [0.5, 0.6) is 5.75 Å². The maximum atomic E-state index is 12.6. The molecule has 0 spiro atoms. The number of halogens is 1. The molecule has 3 aromatic rings. The lowest BCUT2D eigenvalue weighted by molar-refractivity contribution is -0.132. The van der Waals surface area contributed by atoms with E-state index in [1.54, 1.807) is 39.4 Å². The zero-order chi connectivity index (χ0) is 23.4. The second kappa shape index (κ2) is 7.58. The number of fused-ring (bicyclic) bond motifs is 3. The average molecular weight is 476 g/mol. The van der Waals surface area contributed by atoms with Crippen LogP contribution in [-0.2, 0) is 15.0 Å². The van der Waals surface area contributed by atoms with E-state index in [9.17, 15) is 13.2 Å². The van der Waals surface area contributed by atoms with Crippen molar-refractivity contribution in [3.05, 3.63) is 41.8 Å². The maximum absolute atomic E-state index is 12.6. The van der Waals surface area contributed by atoms with Crippen LogP contribution in [0.3, 0.4) is 0 Å². The molecular formula is C21H22ClN5O4S. The zero-order valence-electron chi connectivity index (χ0n) is 18.2. The van der Waals surface area contributed by atoms with Gasteiger partial charge in [0, 0.05) is 38.3 Å². The van der Waals surface area contributed by atoms with Crippen molar-refractivity contribution >= 4 is 50.0 Å². The molecule has 0 saturated heterocycles. The molecule has 1 aromatic carbocycles. The Bertz CT molecular complexity index is 1360. The summed E-state index contributed by atoms with van der Waals surface area (Å²) in [6, 6.07) is 7.16. The number of amides is 1. The molecule has 32 heavy (non-hydrogen) atoms. The van der Waals surface area contributed by atoms with Gasteiger partial charge in [0.2, 0.25) is 0 Å². The first-order valence-corrected chi connectivity index (χ1v) is 11.5. The fraction of sp³-hybridized carbons (Fsp3) is 0.286. The molecule has 0 fully saturated rings. The van der Waals surface area contributed by atoms with Crippen molar-refractivity contribution in [2.24, 2.45) is 0 Å². The van der Waals surface area contributed by atoms with Gasteiger partial charge in [-0.2, -0.15) is 12.7 Å². The van der Waals surface area contributed by atoms with Crippen molar-refractivity contribution in [2.75, 3.05) is 30.8 Å². The molecule has 3 heterocycles. The monoisotopic (exact) mass is 475 g/mol. The predicted octanol–water partition coefficient (Wildman–Crippen LogP) is 3.30. The predicted molar refractivity (Wildman–Crippen MR) is 124 cm³/mol. The number of rotatable bonds is 4. The summed E-state index contributed by atoms with van der Waals surface area (Å²) in [5, 5.41) is 0.752. The molecule has 1 N–H and O–H groups in total. The van der Waals surface area contributed by atoms with Gasteiger partial charge in [0.15, 0.2) is 16.5 Å². The molecule has 1 aliphatic heterocycles. The highest BCUT2D eigenvalue weighted by atomic mass is 35.5.